The number of rotatable bonds is 4. The number of carbonyl (C=O) groups is 1. The first-order valence-electron chi connectivity index (χ1n) is 5.98. The Kier molecular flexibility index (Phi) is 4.56. The van der Waals surface area contributed by atoms with Gasteiger partial charge in [0, 0.05) is 11.1 Å². The van der Waals surface area contributed by atoms with Crippen molar-refractivity contribution in [1.29, 1.82) is 0 Å². The lowest BCUT2D eigenvalue weighted by molar-refractivity contribution is -0.274. The van der Waals surface area contributed by atoms with Crippen LogP contribution in [0.15, 0.2) is 36.4 Å². The van der Waals surface area contributed by atoms with Crippen molar-refractivity contribution < 1.29 is 27.8 Å². The number of hydrogen-bond donors (Lipinski definition) is 1. The van der Waals surface area contributed by atoms with Crippen LogP contribution in [0.3, 0.4) is 0 Å². The SMILES string of the molecule is O=C(O)Cc1ccc(-c2ccc(OC(F)(F)F)cc2)nc1Cl. The van der Waals surface area contributed by atoms with Crippen LogP contribution in [0.1, 0.15) is 5.56 Å². The summed E-state index contributed by atoms with van der Waals surface area (Å²) < 4.78 is 40.0. The monoisotopic (exact) mass is 331 g/mol. The van der Waals surface area contributed by atoms with Crippen molar-refractivity contribution in [1.82, 2.24) is 4.98 Å². The van der Waals surface area contributed by atoms with Crippen molar-refractivity contribution in [2.24, 2.45) is 0 Å². The van der Waals surface area contributed by atoms with E-state index in [-0.39, 0.29) is 17.3 Å². The van der Waals surface area contributed by atoms with E-state index in [0.29, 0.717) is 16.8 Å². The number of pyridine rings is 1. The van der Waals surface area contributed by atoms with E-state index in [1.807, 2.05) is 0 Å². The maximum atomic E-state index is 12.1. The third-order valence-electron chi connectivity index (χ3n) is 2.65. The average molecular weight is 332 g/mol. The summed E-state index contributed by atoms with van der Waals surface area (Å²) >= 11 is 5.89. The van der Waals surface area contributed by atoms with Gasteiger partial charge in [-0.05, 0) is 30.3 Å². The molecule has 0 atom stereocenters. The molecule has 1 aromatic heterocycles. The van der Waals surface area contributed by atoms with Gasteiger partial charge in [-0.15, -0.1) is 13.2 Å². The lowest BCUT2D eigenvalue weighted by atomic mass is 10.1. The van der Waals surface area contributed by atoms with Crippen LogP contribution in [0.25, 0.3) is 11.3 Å². The Morgan fingerprint density at radius 3 is 2.32 bits per heavy atom. The quantitative estimate of drug-likeness (QED) is 0.862. The fourth-order valence-corrected chi connectivity index (χ4v) is 1.97. The smallest absolute Gasteiger partial charge is 0.481 e. The molecular weight excluding hydrogens is 323 g/mol. The number of nitrogens with zero attached hydrogens (tertiary/aromatic N) is 1. The van der Waals surface area contributed by atoms with Crippen molar-refractivity contribution in [3.8, 4) is 17.0 Å². The molecule has 22 heavy (non-hydrogen) atoms. The number of ether oxygens (including phenoxy) is 1. The summed E-state index contributed by atoms with van der Waals surface area (Å²) in [4.78, 5) is 14.7. The predicted molar refractivity (Wildman–Crippen MR) is 72.7 cm³/mol. The van der Waals surface area contributed by atoms with Gasteiger partial charge in [0.05, 0.1) is 12.1 Å². The zero-order chi connectivity index (χ0) is 16.3. The first-order chi connectivity index (χ1) is 10.2. The van der Waals surface area contributed by atoms with Crippen LogP contribution in [-0.2, 0) is 11.2 Å². The normalized spacial score (nSPS) is 11.3. The Hall–Kier alpha value is -2.28. The molecule has 0 amide bonds. The fourth-order valence-electron chi connectivity index (χ4n) is 1.75. The molecule has 1 N–H and O–H groups in total. The molecule has 0 aliphatic rings. The lowest BCUT2D eigenvalue weighted by Crippen LogP contribution is -2.16. The highest BCUT2D eigenvalue weighted by atomic mass is 35.5. The van der Waals surface area contributed by atoms with Gasteiger partial charge < -0.3 is 9.84 Å². The molecule has 0 radical (unpaired) electrons. The Labute approximate surface area is 128 Å². The second kappa shape index (κ2) is 6.23. The minimum Gasteiger partial charge on any atom is -0.481 e. The van der Waals surface area contributed by atoms with Crippen LogP contribution in [0, 0.1) is 0 Å². The van der Waals surface area contributed by atoms with Crippen molar-refractivity contribution in [3.63, 3.8) is 0 Å². The standard InChI is InChI=1S/C14H9ClF3NO3/c15-13-9(7-12(20)21)3-6-11(19-13)8-1-4-10(5-2-8)22-14(16,17)18/h1-6H,7H2,(H,20,21). The van der Waals surface area contributed by atoms with E-state index in [0.717, 1.165) is 12.1 Å². The van der Waals surface area contributed by atoms with Gasteiger partial charge in [-0.1, -0.05) is 17.7 Å². The molecule has 0 saturated heterocycles. The Morgan fingerprint density at radius 2 is 1.82 bits per heavy atom. The van der Waals surface area contributed by atoms with Crippen molar-refractivity contribution in [2.45, 2.75) is 12.8 Å². The Bertz CT molecular complexity index is 687. The topological polar surface area (TPSA) is 59.4 Å². The highest BCUT2D eigenvalue weighted by Gasteiger charge is 2.30. The number of halogens is 4. The lowest BCUT2D eigenvalue weighted by Gasteiger charge is -2.09. The summed E-state index contributed by atoms with van der Waals surface area (Å²) in [5, 5.41) is 8.75. The van der Waals surface area contributed by atoms with Gasteiger partial charge in [0.25, 0.3) is 0 Å². The summed E-state index contributed by atoms with van der Waals surface area (Å²) in [5.74, 6) is -1.38. The molecule has 0 spiro atoms. The molecule has 1 heterocycles. The van der Waals surface area contributed by atoms with Crippen LogP contribution in [0.5, 0.6) is 5.75 Å². The van der Waals surface area contributed by atoms with Crippen LogP contribution in [0.4, 0.5) is 13.2 Å². The number of carboxylic acids is 1. The maximum absolute atomic E-state index is 12.1. The summed E-state index contributed by atoms with van der Waals surface area (Å²) in [5.41, 5.74) is 1.30. The molecule has 1 aromatic carbocycles. The first kappa shape index (κ1) is 16.1. The number of carboxylic acid groups (broad SMARTS) is 1. The third kappa shape index (κ3) is 4.36. The molecule has 0 aliphatic carbocycles. The van der Waals surface area contributed by atoms with E-state index in [9.17, 15) is 18.0 Å². The largest absolute Gasteiger partial charge is 0.573 e. The Balaban J connectivity index is 2.21. The van der Waals surface area contributed by atoms with E-state index in [1.54, 1.807) is 6.07 Å². The van der Waals surface area contributed by atoms with Crippen molar-refractivity contribution in [2.75, 3.05) is 0 Å². The number of aliphatic carboxylic acids is 1. The molecule has 0 saturated carbocycles. The van der Waals surface area contributed by atoms with E-state index < -0.39 is 12.3 Å². The maximum Gasteiger partial charge on any atom is 0.573 e. The van der Waals surface area contributed by atoms with Crippen molar-refractivity contribution >= 4 is 17.6 Å². The minimum absolute atomic E-state index is 0.0375. The first-order valence-corrected chi connectivity index (χ1v) is 6.36. The summed E-state index contributed by atoms with van der Waals surface area (Å²) in [7, 11) is 0. The second-order valence-electron chi connectivity index (χ2n) is 4.29. The van der Waals surface area contributed by atoms with Crippen LogP contribution < -0.4 is 4.74 Å². The Morgan fingerprint density at radius 1 is 1.18 bits per heavy atom. The summed E-state index contributed by atoms with van der Waals surface area (Å²) in [6.07, 6.45) is -5.01. The van der Waals surface area contributed by atoms with Gasteiger partial charge in [0.15, 0.2) is 0 Å². The minimum atomic E-state index is -4.75. The van der Waals surface area contributed by atoms with Gasteiger partial charge in [-0.25, -0.2) is 4.98 Å². The van der Waals surface area contributed by atoms with Gasteiger partial charge in [-0.3, -0.25) is 4.79 Å². The van der Waals surface area contributed by atoms with E-state index in [4.69, 9.17) is 16.7 Å². The highest BCUT2D eigenvalue weighted by molar-refractivity contribution is 6.30. The zero-order valence-corrected chi connectivity index (χ0v) is 11.6. The van der Waals surface area contributed by atoms with Gasteiger partial charge in [-0.2, -0.15) is 0 Å². The summed E-state index contributed by atoms with van der Waals surface area (Å²) in [6.45, 7) is 0. The molecule has 8 heteroatoms. The van der Waals surface area contributed by atoms with Crippen LogP contribution in [0.2, 0.25) is 5.15 Å². The molecular formula is C14H9ClF3NO3. The molecule has 2 aromatic rings. The number of benzene rings is 1. The fraction of sp³-hybridized carbons (Fsp3) is 0.143. The van der Waals surface area contributed by atoms with Crippen LogP contribution >= 0.6 is 11.6 Å². The molecule has 4 nitrogen and oxygen atoms in total. The molecule has 116 valence electrons. The molecule has 2 rings (SSSR count). The van der Waals surface area contributed by atoms with Crippen molar-refractivity contribution in [3.05, 3.63) is 47.1 Å². The van der Waals surface area contributed by atoms with Gasteiger partial charge in [0.2, 0.25) is 0 Å². The van der Waals surface area contributed by atoms with Crippen LogP contribution in [-0.4, -0.2) is 22.4 Å². The number of alkyl halides is 3. The highest BCUT2D eigenvalue weighted by Crippen LogP contribution is 2.27. The molecule has 0 aliphatic heterocycles. The number of hydrogen-bond acceptors (Lipinski definition) is 3. The third-order valence-corrected chi connectivity index (χ3v) is 2.98. The van der Waals surface area contributed by atoms with Gasteiger partial charge >= 0.3 is 12.3 Å². The van der Waals surface area contributed by atoms with E-state index in [1.165, 1.54) is 18.2 Å². The number of aromatic nitrogens is 1. The van der Waals surface area contributed by atoms with E-state index >= 15 is 0 Å². The van der Waals surface area contributed by atoms with E-state index in [2.05, 4.69) is 9.72 Å². The summed E-state index contributed by atoms with van der Waals surface area (Å²) in [6, 6.07) is 8.17. The predicted octanol–water partition coefficient (Wildman–Crippen LogP) is 3.93. The molecule has 0 bridgehead atoms. The molecule has 0 unspecified atom stereocenters. The molecule has 0 fully saturated rings. The zero-order valence-electron chi connectivity index (χ0n) is 10.9. The van der Waals surface area contributed by atoms with Gasteiger partial charge in [0.1, 0.15) is 10.9 Å². The average Bonchev–Trinajstić information content (AvgIpc) is 2.40. The second-order valence-corrected chi connectivity index (χ2v) is 4.65.